The number of anilines is 1. The van der Waals surface area contributed by atoms with E-state index >= 15 is 0 Å². The van der Waals surface area contributed by atoms with E-state index in [-0.39, 0.29) is 40.1 Å². The van der Waals surface area contributed by atoms with Crippen LogP contribution in [0.25, 0.3) is 11.0 Å². The van der Waals surface area contributed by atoms with Gasteiger partial charge in [-0.05, 0) is 19.1 Å². The Morgan fingerprint density at radius 3 is 2.67 bits per heavy atom. The van der Waals surface area contributed by atoms with Gasteiger partial charge in [-0.1, -0.05) is 11.6 Å². The van der Waals surface area contributed by atoms with Gasteiger partial charge in [-0.15, -0.1) is 0 Å². The summed E-state index contributed by atoms with van der Waals surface area (Å²) in [5, 5.41) is 13.8. The standard InChI is InChI=1S/C19H15ClN2O8/c1-3-28-19(24)30-15-9-14-11(6-7-29-14)17(27-2)16(15)18(23)21-13-5-4-10(22(25)26)8-12(13)20/h4-9H,3H2,1-2H3,(H,21,23). The Bertz CT molecular complexity index is 1140. The van der Waals surface area contributed by atoms with Gasteiger partial charge in [0, 0.05) is 18.2 Å². The van der Waals surface area contributed by atoms with Crippen molar-refractivity contribution >= 4 is 46.0 Å². The summed E-state index contributed by atoms with van der Waals surface area (Å²) in [7, 11) is 1.34. The highest BCUT2D eigenvalue weighted by Gasteiger charge is 2.26. The molecule has 0 atom stereocenters. The monoisotopic (exact) mass is 434 g/mol. The molecule has 0 aliphatic carbocycles. The molecule has 3 rings (SSSR count). The molecule has 0 aliphatic rings. The Morgan fingerprint density at radius 2 is 2.03 bits per heavy atom. The molecule has 3 aromatic rings. The Kier molecular flexibility index (Phi) is 6.07. The molecule has 0 aliphatic heterocycles. The number of nitro groups is 1. The van der Waals surface area contributed by atoms with Crippen LogP contribution in [0.5, 0.6) is 11.5 Å². The molecular formula is C19H15ClN2O8. The quantitative estimate of drug-likeness (QED) is 0.253. The lowest BCUT2D eigenvalue weighted by Crippen LogP contribution is -2.18. The number of fused-ring (bicyclic) bond motifs is 1. The summed E-state index contributed by atoms with van der Waals surface area (Å²) in [5.74, 6) is -0.802. The van der Waals surface area contributed by atoms with Gasteiger partial charge in [0.2, 0.25) is 0 Å². The van der Waals surface area contributed by atoms with E-state index in [2.05, 4.69) is 5.32 Å². The SMILES string of the molecule is CCOC(=O)Oc1cc2occc2c(OC)c1C(=O)Nc1ccc([N+](=O)[O-])cc1Cl. The summed E-state index contributed by atoms with van der Waals surface area (Å²) in [4.78, 5) is 35.1. The van der Waals surface area contributed by atoms with Crippen molar-refractivity contribution in [2.24, 2.45) is 0 Å². The number of benzene rings is 2. The zero-order valence-electron chi connectivity index (χ0n) is 15.8. The van der Waals surface area contributed by atoms with Crippen molar-refractivity contribution in [1.29, 1.82) is 0 Å². The second kappa shape index (κ2) is 8.70. The predicted octanol–water partition coefficient (Wildman–Crippen LogP) is 4.79. The molecule has 0 saturated heterocycles. The molecule has 11 heteroatoms. The van der Waals surface area contributed by atoms with Gasteiger partial charge in [-0.3, -0.25) is 14.9 Å². The highest BCUT2D eigenvalue weighted by Crippen LogP contribution is 2.39. The molecule has 1 aromatic heterocycles. The number of carbonyl (C=O) groups excluding carboxylic acids is 2. The number of nitrogens with zero attached hydrogens (tertiary/aromatic N) is 1. The van der Waals surface area contributed by atoms with Crippen LogP contribution in [-0.2, 0) is 4.74 Å². The number of furan rings is 1. The Labute approximate surface area is 174 Å². The first-order valence-electron chi connectivity index (χ1n) is 8.53. The minimum Gasteiger partial charge on any atom is -0.495 e. The summed E-state index contributed by atoms with van der Waals surface area (Å²) in [5.41, 5.74) is 0.0790. The summed E-state index contributed by atoms with van der Waals surface area (Å²) in [6.45, 7) is 1.67. The minimum atomic E-state index is -1.02. The normalized spacial score (nSPS) is 10.5. The first-order valence-corrected chi connectivity index (χ1v) is 8.91. The highest BCUT2D eigenvalue weighted by molar-refractivity contribution is 6.34. The number of rotatable bonds is 6. The molecule has 0 saturated carbocycles. The zero-order chi connectivity index (χ0) is 21.8. The number of methoxy groups -OCH3 is 1. The third-order valence-corrected chi connectivity index (χ3v) is 4.29. The molecule has 30 heavy (non-hydrogen) atoms. The van der Waals surface area contributed by atoms with E-state index in [0.29, 0.717) is 11.0 Å². The van der Waals surface area contributed by atoms with Crippen LogP contribution in [0.15, 0.2) is 41.0 Å². The van der Waals surface area contributed by atoms with E-state index < -0.39 is 17.0 Å². The fourth-order valence-corrected chi connectivity index (χ4v) is 2.93. The molecule has 10 nitrogen and oxygen atoms in total. The van der Waals surface area contributed by atoms with Gasteiger partial charge in [0.15, 0.2) is 5.75 Å². The number of non-ortho nitro benzene ring substituents is 1. The van der Waals surface area contributed by atoms with Gasteiger partial charge < -0.3 is 23.9 Å². The summed E-state index contributed by atoms with van der Waals surface area (Å²) >= 11 is 6.05. The average molecular weight is 435 g/mol. The van der Waals surface area contributed by atoms with Crippen molar-refractivity contribution in [2.45, 2.75) is 6.92 Å². The largest absolute Gasteiger partial charge is 0.513 e. The lowest BCUT2D eigenvalue weighted by Gasteiger charge is -2.15. The van der Waals surface area contributed by atoms with Crippen LogP contribution in [-0.4, -0.2) is 30.7 Å². The van der Waals surface area contributed by atoms with Crippen molar-refractivity contribution in [3.63, 3.8) is 0 Å². The van der Waals surface area contributed by atoms with Crippen LogP contribution in [0.4, 0.5) is 16.2 Å². The van der Waals surface area contributed by atoms with Gasteiger partial charge in [-0.25, -0.2) is 4.79 Å². The average Bonchev–Trinajstić information content (AvgIpc) is 3.16. The maximum atomic E-state index is 13.0. The Morgan fingerprint density at radius 1 is 1.27 bits per heavy atom. The molecule has 0 radical (unpaired) electrons. The van der Waals surface area contributed by atoms with E-state index in [9.17, 15) is 19.7 Å². The lowest BCUT2D eigenvalue weighted by molar-refractivity contribution is -0.384. The molecule has 1 amide bonds. The molecule has 156 valence electrons. The summed E-state index contributed by atoms with van der Waals surface area (Å²) in [6, 6.07) is 6.50. The Balaban J connectivity index is 2.05. The van der Waals surface area contributed by atoms with E-state index in [4.69, 9.17) is 30.2 Å². The van der Waals surface area contributed by atoms with Crippen LogP contribution in [0.1, 0.15) is 17.3 Å². The molecule has 2 aromatic carbocycles. The topological polar surface area (TPSA) is 130 Å². The third-order valence-electron chi connectivity index (χ3n) is 3.97. The number of nitro benzene ring substituents is 1. The van der Waals surface area contributed by atoms with E-state index in [1.165, 1.54) is 31.6 Å². The first-order chi connectivity index (χ1) is 14.3. The van der Waals surface area contributed by atoms with Gasteiger partial charge in [-0.2, -0.15) is 0 Å². The fraction of sp³-hybridized carbons (Fsp3) is 0.158. The second-order valence-corrected chi connectivity index (χ2v) is 6.18. The number of hydrogen-bond donors (Lipinski definition) is 1. The maximum absolute atomic E-state index is 13.0. The molecule has 0 spiro atoms. The van der Waals surface area contributed by atoms with Crippen LogP contribution in [0.3, 0.4) is 0 Å². The number of amides is 1. The first kappa shape index (κ1) is 20.9. The van der Waals surface area contributed by atoms with Crippen LogP contribution < -0.4 is 14.8 Å². The molecular weight excluding hydrogens is 420 g/mol. The van der Waals surface area contributed by atoms with E-state index in [1.807, 2.05) is 0 Å². The molecule has 1 N–H and O–H groups in total. The number of carbonyl (C=O) groups is 2. The smallest absolute Gasteiger partial charge is 0.495 e. The van der Waals surface area contributed by atoms with Crippen molar-refractivity contribution in [3.05, 3.63) is 57.3 Å². The lowest BCUT2D eigenvalue weighted by atomic mass is 10.1. The van der Waals surface area contributed by atoms with Gasteiger partial charge >= 0.3 is 6.16 Å². The minimum absolute atomic E-state index is 0.0474. The van der Waals surface area contributed by atoms with E-state index in [1.54, 1.807) is 13.0 Å². The van der Waals surface area contributed by atoms with Crippen LogP contribution >= 0.6 is 11.6 Å². The van der Waals surface area contributed by atoms with E-state index in [0.717, 1.165) is 6.07 Å². The summed E-state index contributed by atoms with van der Waals surface area (Å²) in [6.07, 6.45) is 0.365. The van der Waals surface area contributed by atoms with Crippen molar-refractivity contribution in [3.8, 4) is 11.5 Å². The fourth-order valence-electron chi connectivity index (χ4n) is 2.71. The van der Waals surface area contributed by atoms with Crippen molar-refractivity contribution < 1.29 is 33.1 Å². The van der Waals surface area contributed by atoms with Gasteiger partial charge in [0.05, 0.1) is 41.0 Å². The van der Waals surface area contributed by atoms with Gasteiger partial charge in [0.25, 0.3) is 11.6 Å². The summed E-state index contributed by atoms with van der Waals surface area (Å²) < 4.78 is 20.6. The molecule has 0 unspecified atom stereocenters. The van der Waals surface area contributed by atoms with Crippen molar-refractivity contribution in [1.82, 2.24) is 0 Å². The molecule has 1 heterocycles. The predicted molar refractivity (Wildman–Crippen MR) is 106 cm³/mol. The van der Waals surface area contributed by atoms with Gasteiger partial charge in [0.1, 0.15) is 16.9 Å². The number of hydrogen-bond acceptors (Lipinski definition) is 8. The Hall–Kier alpha value is -3.79. The number of halogens is 1. The highest BCUT2D eigenvalue weighted by atomic mass is 35.5. The molecule has 0 bridgehead atoms. The third kappa shape index (κ3) is 4.13. The maximum Gasteiger partial charge on any atom is 0.513 e. The van der Waals surface area contributed by atoms with Crippen molar-refractivity contribution in [2.75, 3.05) is 19.0 Å². The van der Waals surface area contributed by atoms with Crippen LogP contribution in [0.2, 0.25) is 5.02 Å². The number of ether oxygens (including phenoxy) is 3. The zero-order valence-corrected chi connectivity index (χ0v) is 16.5. The second-order valence-electron chi connectivity index (χ2n) is 5.78. The van der Waals surface area contributed by atoms with Crippen LogP contribution in [0, 0.1) is 10.1 Å². The number of nitrogens with one attached hydrogen (secondary N) is 1. The molecule has 0 fully saturated rings.